The van der Waals surface area contributed by atoms with Crippen LogP contribution < -0.4 is 36.8 Å². The number of piperazine rings is 1. The molecule has 4 heterocycles. The molecule has 4 aromatic carbocycles. The van der Waals surface area contributed by atoms with Crippen LogP contribution in [0, 0.1) is 28.7 Å². The number of carbonyl (C=O) groups is 4. The molecule has 2 aliphatic heterocycles. The van der Waals surface area contributed by atoms with Gasteiger partial charge in [0.05, 0.1) is 33.8 Å². The molecule has 7 N–H and O–H groups in total. The van der Waals surface area contributed by atoms with Crippen molar-refractivity contribution < 1.29 is 37.6 Å². The molecule has 0 spiro atoms. The van der Waals surface area contributed by atoms with E-state index in [9.17, 15) is 38.1 Å². The minimum atomic E-state index is -0.638. The van der Waals surface area contributed by atoms with Gasteiger partial charge in [0.2, 0.25) is 11.8 Å². The van der Waals surface area contributed by atoms with Gasteiger partial charge in [-0.25, -0.2) is 13.8 Å². The van der Waals surface area contributed by atoms with Gasteiger partial charge in [-0.1, -0.05) is 44.6 Å². The highest BCUT2D eigenvalue weighted by Gasteiger charge is 2.25. The van der Waals surface area contributed by atoms with Crippen molar-refractivity contribution in [2.75, 3.05) is 90.5 Å². The topological polar surface area (TPSA) is 241 Å². The summed E-state index contributed by atoms with van der Waals surface area (Å²) < 4.78 is 33.4. The van der Waals surface area contributed by atoms with E-state index in [4.69, 9.17) is 4.74 Å². The van der Waals surface area contributed by atoms with Crippen molar-refractivity contribution in [2.24, 2.45) is 0 Å². The number of aryl methyl sites for hydroxylation is 1. The van der Waals surface area contributed by atoms with Crippen molar-refractivity contribution in [1.82, 2.24) is 25.4 Å². The molecule has 4 amide bonds. The Balaban J connectivity index is 0.714. The molecule has 2 fully saturated rings. The molecule has 0 aliphatic carbocycles. The molecule has 2 aromatic heterocycles. The van der Waals surface area contributed by atoms with Crippen molar-refractivity contribution in [3.05, 3.63) is 122 Å². The van der Waals surface area contributed by atoms with Gasteiger partial charge in [0, 0.05) is 94.0 Å². The number of benzene rings is 4. The van der Waals surface area contributed by atoms with Crippen LogP contribution in [0.1, 0.15) is 109 Å². The molecule has 22 heteroatoms. The molecule has 0 saturated carbocycles. The van der Waals surface area contributed by atoms with E-state index in [1.165, 1.54) is 26.0 Å². The number of thiazole rings is 1. The smallest absolute Gasteiger partial charge is 0.348 e. The number of anilines is 6. The summed E-state index contributed by atoms with van der Waals surface area (Å²) in [5, 5.41) is 37.6. The van der Waals surface area contributed by atoms with E-state index in [0.29, 0.717) is 71.9 Å². The number of aromatic amines is 1. The molecule has 2 saturated heterocycles. The number of fused-ring (bicyclic) bond motifs is 1. The van der Waals surface area contributed by atoms with Crippen LogP contribution in [0.4, 0.5) is 47.5 Å². The van der Waals surface area contributed by atoms with E-state index in [2.05, 4.69) is 56.9 Å². The first-order valence-electron chi connectivity index (χ1n) is 26.3. The maximum atomic E-state index is 14.0. The van der Waals surface area contributed by atoms with E-state index >= 15 is 0 Å². The van der Waals surface area contributed by atoms with Crippen LogP contribution in [0.25, 0.3) is 10.9 Å². The fraction of sp³-hybridized carbons (Fsp3) is 0.418. The Labute approximate surface area is 449 Å². The quantitative estimate of drug-likeness (QED) is 0.0161. The molecule has 0 radical (unpaired) electrons. The Morgan fingerprint density at radius 2 is 1.45 bits per heavy atom. The van der Waals surface area contributed by atoms with Gasteiger partial charge < -0.3 is 36.2 Å². The maximum absolute atomic E-state index is 14.0. The minimum absolute atomic E-state index is 0.0258. The van der Waals surface area contributed by atoms with E-state index in [1.807, 2.05) is 36.4 Å². The zero-order valence-electron chi connectivity index (χ0n) is 43.4. The number of amides is 4. The molecule has 8 rings (SSSR count). The molecular weight excluding hydrogens is 1010 g/mol. The van der Waals surface area contributed by atoms with E-state index in [1.54, 1.807) is 18.2 Å². The molecule has 0 bridgehead atoms. The highest BCUT2D eigenvalue weighted by atomic mass is 32.1. The number of halogens is 2. The lowest BCUT2D eigenvalue weighted by molar-refractivity contribution is -0.380. The Kier molecular flexibility index (Phi) is 19.5. The largest absolute Gasteiger partial charge is 0.385 e. The molecule has 0 atom stereocenters. The van der Waals surface area contributed by atoms with Crippen LogP contribution in [-0.4, -0.2) is 114 Å². The van der Waals surface area contributed by atoms with Crippen LogP contribution in [0.15, 0.2) is 72.8 Å². The second-order valence-electron chi connectivity index (χ2n) is 19.6. The fourth-order valence-corrected chi connectivity index (χ4v) is 10.4. The number of rotatable bonds is 25. The maximum Gasteiger partial charge on any atom is 0.348 e. The van der Waals surface area contributed by atoms with Gasteiger partial charge in [-0.3, -0.25) is 44.6 Å². The van der Waals surface area contributed by atoms with E-state index < -0.39 is 22.5 Å². The summed E-state index contributed by atoms with van der Waals surface area (Å²) in [6.07, 6.45) is 10.4. The first-order valence-corrected chi connectivity index (χ1v) is 27.1. The van der Waals surface area contributed by atoms with Gasteiger partial charge in [0.15, 0.2) is 10.9 Å². The highest BCUT2D eigenvalue weighted by Crippen LogP contribution is 2.32. The molecule has 77 heavy (non-hydrogen) atoms. The molecule has 408 valence electrons. The Morgan fingerprint density at radius 1 is 0.779 bits per heavy atom. The van der Waals surface area contributed by atoms with Crippen LogP contribution in [0.3, 0.4) is 0 Å². The van der Waals surface area contributed by atoms with Gasteiger partial charge in [0.25, 0.3) is 11.8 Å². The van der Waals surface area contributed by atoms with Crippen LogP contribution >= 0.6 is 11.3 Å². The van der Waals surface area contributed by atoms with Crippen LogP contribution in [0.5, 0.6) is 0 Å². The Bertz CT molecular complexity index is 3030. The number of nitrogens with zero attached hydrogens (tertiary/aromatic N) is 5. The summed E-state index contributed by atoms with van der Waals surface area (Å²) in [5.74, 6) is -2.11. The number of nitro groups is 1. The predicted molar refractivity (Wildman–Crippen MR) is 296 cm³/mol. The van der Waals surface area contributed by atoms with Crippen molar-refractivity contribution in [2.45, 2.75) is 90.5 Å². The number of ether oxygens (including phenoxy) is 1. The first kappa shape index (κ1) is 55.7. The summed E-state index contributed by atoms with van der Waals surface area (Å²) in [6.45, 7) is 8.72. The number of H-pyrrole nitrogens is 1. The summed E-state index contributed by atoms with van der Waals surface area (Å²) in [4.78, 5) is 71.1. The Morgan fingerprint density at radius 3 is 2.16 bits per heavy atom. The second-order valence-corrected chi connectivity index (χ2v) is 20.5. The van der Waals surface area contributed by atoms with E-state index in [-0.39, 0.29) is 45.2 Å². The predicted octanol–water partition coefficient (Wildman–Crippen LogP) is 9.63. The lowest BCUT2D eigenvalue weighted by Crippen LogP contribution is -2.49. The van der Waals surface area contributed by atoms with Crippen molar-refractivity contribution in [3.8, 4) is 0 Å². The van der Waals surface area contributed by atoms with Crippen molar-refractivity contribution in [3.63, 3.8) is 0 Å². The average Bonchev–Trinajstić information content (AvgIpc) is 4.00. The second kappa shape index (κ2) is 27.0. The van der Waals surface area contributed by atoms with Gasteiger partial charge in [-0.15, -0.1) is 0 Å². The summed E-state index contributed by atoms with van der Waals surface area (Å²) >= 11 is 0.772. The molecule has 6 aromatic rings. The number of unbranched alkanes of at least 4 members (excludes halogenated alkanes) is 7. The number of nitrogens with one attached hydrogen (secondary N) is 7. The number of aromatic nitrogens is 3. The first-order chi connectivity index (χ1) is 37.2. The third kappa shape index (κ3) is 16.0. The standard InChI is InChI=1S/C55H66F2N12O7S/c1-35-54(69(74)75)77-55(60-35)64-53(73)44-14-12-42(32-48(44)61-36(2)70)58-19-9-7-5-3-4-6-8-10-20-59-50(71)34-67-21-23-68(24-22-67)43-13-15-45(49(33-43)62-41-17-25-76-26-18-41)52(72)63-51-46-30-37(11-16-47(46)65-66-51)27-38-28-39(56)31-40(57)29-38/h11-16,28-33,41,58,62H,3-10,17-27,34H2,1-2H3,(H,59,71)(H,61,70)(H,60,64,73)(H2,63,65,66,72). The molecule has 2 aliphatic rings. The number of hydrogen-bond acceptors (Lipinski definition) is 14. The summed E-state index contributed by atoms with van der Waals surface area (Å²) in [6, 6.07) is 20.0. The zero-order chi connectivity index (χ0) is 54.3. The molecule has 19 nitrogen and oxygen atoms in total. The fourth-order valence-electron chi connectivity index (χ4n) is 9.61. The Hall–Kier alpha value is -7.56. The van der Waals surface area contributed by atoms with E-state index in [0.717, 1.165) is 131 Å². The normalized spacial score (nSPS) is 14.1. The molecule has 0 unspecified atom stereocenters. The number of hydrogen-bond donors (Lipinski definition) is 7. The van der Waals surface area contributed by atoms with Crippen LogP contribution in [0.2, 0.25) is 0 Å². The third-order valence-electron chi connectivity index (χ3n) is 13.6. The number of carbonyl (C=O) groups excluding carboxylic acids is 4. The van der Waals surface area contributed by atoms with Crippen molar-refractivity contribution >= 4 is 84.6 Å². The lowest BCUT2D eigenvalue weighted by Gasteiger charge is -2.36. The highest BCUT2D eigenvalue weighted by molar-refractivity contribution is 7.19. The zero-order valence-corrected chi connectivity index (χ0v) is 44.2. The molecular formula is C55H66F2N12O7S. The average molecular weight is 1080 g/mol. The summed E-state index contributed by atoms with van der Waals surface area (Å²) in [5.41, 5.74) is 5.66. The van der Waals surface area contributed by atoms with Gasteiger partial charge >= 0.3 is 5.00 Å². The summed E-state index contributed by atoms with van der Waals surface area (Å²) in [7, 11) is 0. The van der Waals surface area contributed by atoms with Crippen LogP contribution in [-0.2, 0) is 20.7 Å². The SMILES string of the molecule is CC(=O)Nc1cc(NCCCCCCCCCCNC(=O)CN2CCN(c3ccc(C(=O)Nc4n[nH]c5ccc(Cc6cc(F)cc(F)c6)cc45)c(NC4CCOCC4)c3)CC2)ccc1C(=O)Nc1nc(C)c([N+](=O)[O-])s1. The van der Waals surface area contributed by atoms with Gasteiger partial charge in [0.1, 0.15) is 17.3 Å². The third-order valence-corrected chi connectivity index (χ3v) is 14.6. The minimum Gasteiger partial charge on any atom is -0.385 e. The van der Waals surface area contributed by atoms with Crippen molar-refractivity contribution in [1.29, 1.82) is 0 Å². The van der Waals surface area contributed by atoms with Gasteiger partial charge in [-0.05, 0) is 122 Å². The lowest BCUT2D eigenvalue weighted by atomic mass is 10.0. The monoisotopic (exact) mass is 1080 g/mol. The van der Waals surface area contributed by atoms with Gasteiger partial charge in [-0.2, -0.15) is 5.10 Å².